The van der Waals surface area contributed by atoms with E-state index in [0.717, 1.165) is 0 Å². The molecular weight excluding hydrogens is 236 g/mol. The van der Waals surface area contributed by atoms with E-state index in [9.17, 15) is 15.0 Å². The summed E-state index contributed by atoms with van der Waals surface area (Å²) in [6.07, 6.45) is 0. The van der Waals surface area contributed by atoms with E-state index in [1.54, 1.807) is 30.3 Å². The van der Waals surface area contributed by atoms with Gasteiger partial charge in [-0.3, -0.25) is 10.1 Å². The monoisotopic (exact) mass is 252 g/mol. The first-order chi connectivity index (χ1) is 7.88. The number of benzene rings is 1. The third kappa shape index (κ3) is 3.20. The molecule has 0 radical (unpaired) electrons. The lowest BCUT2D eigenvalue weighted by molar-refractivity contribution is -0.505. The number of nitroso groups, excluding NO2 is 1. The summed E-state index contributed by atoms with van der Waals surface area (Å²) in [5.74, 6) is 0. The molecular formula is C11H16N2O3Si. The van der Waals surface area contributed by atoms with E-state index in [-0.39, 0.29) is 4.92 Å². The summed E-state index contributed by atoms with van der Waals surface area (Å²) in [6.45, 7) is 5.63. The van der Waals surface area contributed by atoms with Crippen LogP contribution in [0, 0.1) is 15.0 Å². The molecule has 0 amide bonds. The van der Waals surface area contributed by atoms with Crippen LogP contribution >= 0.6 is 0 Å². The Labute approximate surface area is 101 Å². The van der Waals surface area contributed by atoms with Crippen LogP contribution in [-0.4, -0.2) is 18.7 Å². The van der Waals surface area contributed by atoms with Gasteiger partial charge in [0.05, 0.1) is 0 Å². The average molecular weight is 252 g/mol. The van der Waals surface area contributed by atoms with Crippen molar-refractivity contribution in [1.82, 2.24) is 0 Å². The van der Waals surface area contributed by atoms with Crippen molar-refractivity contribution in [3.63, 3.8) is 0 Å². The summed E-state index contributed by atoms with van der Waals surface area (Å²) in [4.78, 5) is 21.8. The summed E-state index contributed by atoms with van der Waals surface area (Å²) in [5.41, 5.74) is -0.269. The molecule has 0 spiro atoms. The van der Waals surface area contributed by atoms with Crippen molar-refractivity contribution < 1.29 is 4.92 Å². The molecule has 0 heterocycles. The molecule has 6 heteroatoms. The van der Waals surface area contributed by atoms with Gasteiger partial charge in [0.15, 0.2) is 6.04 Å². The van der Waals surface area contributed by atoms with Gasteiger partial charge in [0, 0.05) is 4.92 Å². The lowest BCUT2D eigenvalue weighted by atomic mass is 10.1. The van der Waals surface area contributed by atoms with Crippen molar-refractivity contribution in [2.75, 3.05) is 0 Å². The number of rotatable bonds is 5. The van der Waals surface area contributed by atoms with Crippen LogP contribution in [0.3, 0.4) is 0 Å². The lowest BCUT2D eigenvalue weighted by Crippen LogP contribution is -2.47. The van der Waals surface area contributed by atoms with Gasteiger partial charge >= 0.3 is 0 Å². The molecule has 0 aliphatic heterocycles. The molecule has 0 saturated carbocycles. The molecule has 1 aromatic rings. The third-order valence-electron chi connectivity index (χ3n) is 2.67. The van der Waals surface area contributed by atoms with Gasteiger partial charge in [-0.2, -0.15) is 0 Å². The summed E-state index contributed by atoms with van der Waals surface area (Å²) in [7, 11) is -2.11. The number of hydrogen-bond donors (Lipinski definition) is 0. The van der Waals surface area contributed by atoms with E-state index in [1.165, 1.54) is 0 Å². The van der Waals surface area contributed by atoms with Gasteiger partial charge in [0.25, 0.3) is 0 Å². The van der Waals surface area contributed by atoms with Crippen LogP contribution in [-0.2, 0) is 0 Å². The second-order valence-electron chi connectivity index (χ2n) is 5.06. The van der Waals surface area contributed by atoms with Crippen molar-refractivity contribution in [2.24, 2.45) is 5.18 Å². The maximum Gasteiger partial charge on any atom is 0.222 e. The van der Waals surface area contributed by atoms with Crippen molar-refractivity contribution >= 4 is 8.07 Å². The number of nitro groups is 1. The Hall–Kier alpha value is -1.56. The smallest absolute Gasteiger partial charge is 0.222 e. The first kappa shape index (κ1) is 13.5. The van der Waals surface area contributed by atoms with Crippen LogP contribution in [0.15, 0.2) is 35.5 Å². The summed E-state index contributed by atoms with van der Waals surface area (Å²) in [6, 6.07) is 7.86. The molecule has 2 unspecified atom stereocenters. The molecule has 0 bridgehead atoms. The highest BCUT2D eigenvalue weighted by Gasteiger charge is 2.45. The molecule has 1 aromatic carbocycles. The third-order valence-corrected chi connectivity index (χ3v) is 4.97. The highest BCUT2D eigenvalue weighted by molar-refractivity contribution is 6.77. The van der Waals surface area contributed by atoms with Gasteiger partial charge in [-0.15, -0.1) is 4.91 Å². The van der Waals surface area contributed by atoms with Crippen LogP contribution in [0.4, 0.5) is 0 Å². The highest BCUT2D eigenvalue weighted by atomic mass is 28.3. The van der Waals surface area contributed by atoms with Gasteiger partial charge in [0.2, 0.25) is 5.67 Å². The standard InChI is InChI=1S/C11H16N2O3Si/c1-17(2,3)11(13(15)16)10(12-14)9-7-5-4-6-8-9/h4-8,10-11H,1-3H3. The van der Waals surface area contributed by atoms with E-state index in [1.807, 2.05) is 19.6 Å². The predicted molar refractivity (Wildman–Crippen MR) is 69.1 cm³/mol. The molecule has 92 valence electrons. The predicted octanol–water partition coefficient (Wildman–Crippen LogP) is 3.02. The largest absolute Gasteiger partial charge is 0.265 e. The molecule has 0 saturated heterocycles. The Morgan fingerprint density at radius 1 is 1.24 bits per heavy atom. The van der Waals surface area contributed by atoms with Crippen molar-refractivity contribution in [1.29, 1.82) is 0 Å². The zero-order valence-corrected chi connectivity index (χ0v) is 11.2. The maximum absolute atomic E-state index is 11.2. The van der Waals surface area contributed by atoms with Gasteiger partial charge in [0.1, 0.15) is 8.07 Å². The number of nitrogens with zero attached hydrogens (tertiary/aromatic N) is 2. The zero-order chi connectivity index (χ0) is 13.1. The normalized spacial score (nSPS) is 15.0. The second-order valence-corrected chi connectivity index (χ2v) is 10.4. The van der Waals surface area contributed by atoms with Gasteiger partial charge in [-0.1, -0.05) is 55.1 Å². The molecule has 5 nitrogen and oxygen atoms in total. The Morgan fingerprint density at radius 2 is 1.76 bits per heavy atom. The average Bonchev–Trinajstić information content (AvgIpc) is 2.24. The lowest BCUT2D eigenvalue weighted by Gasteiger charge is -2.24. The van der Waals surface area contributed by atoms with Gasteiger partial charge in [-0.05, 0) is 5.56 Å². The van der Waals surface area contributed by atoms with Crippen molar-refractivity contribution in [2.45, 2.75) is 31.3 Å². The van der Waals surface area contributed by atoms with Crippen LogP contribution in [0.2, 0.25) is 19.6 Å². The maximum atomic E-state index is 11.2. The SMILES string of the molecule is C[Si](C)(C)C(C(N=O)c1ccccc1)[N+](=O)[O-]. The van der Waals surface area contributed by atoms with Crippen LogP contribution in [0.1, 0.15) is 11.6 Å². The summed E-state index contributed by atoms with van der Waals surface area (Å²) < 4.78 is 0. The quantitative estimate of drug-likeness (QED) is 0.350. The van der Waals surface area contributed by atoms with E-state index < -0.39 is 19.8 Å². The van der Waals surface area contributed by atoms with Crippen molar-refractivity contribution in [3.8, 4) is 0 Å². The zero-order valence-electron chi connectivity index (χ0n) is 10.2. The van der Waals surface area contributed by atoms with E-state index >= 15 is 0 Å². The topological polar surface area (TPSA) is 72.6 Å². The summed E-state index contributed by atoms with van der Waals surface area (Å²) >= 11 is 0. The Morgan fingerprint density at radius 3 is 2.12 bits per heavy atom. The molecule has 17 heavy (non-hydrogen) atoms. The first-order valence-electron chi connectivity index (χ1n) is 5.39. The minimum Gasteiger partial charge on any atom is -0.265 e. The fourth-order valence-corrected chi connectivity index (χ4v) is 3.69. The van der Waals surface area contributed by atoms with E-state index in [0.29, 0.717) is 5.56 Å². The Balaban J connectivity index is 3.16. The first-order valence-corrected chi connectivity index (χ1v) is 8.96. The van der Waals surface area contributed by atoms with Crippen LogP contribution in [0.5, 0.6) is 0 Å². The fourth-order valence-electron chi connectivity index (χ4n) is 1.86. The van der Waals surface area contributed by atoms with Crippen LogP contribution < -0.4 is 0 Å². The van der Waals surface area contributed by atoms with E-state index in [2.05, 4.69) is 5.18 Å². The van der Waals surface area contributed by atoms with Crippen LogP contribution in [0.25, 0.3) is 0 Å². The number of hydrogen-bond acceptors (Lipinski definition) is 4. The van der Waals surface area contributed by atoms with Gasteiger partial charge in [-0.25, -0.2) is 0 Å². The minimum absolute atomic E-state index is 0.356. The molecule has 0 aliphatic rings. The highest BCUT2D eigenvalue weighted by Crippen LogP contribution is 2.29. The molecule has 2 atom stereocenters. The Bertz CT molecular complexity index is 403. The Kier molecular flexibility index (Phi) is 4.11. The van der Waals surface area contributed by atoms with E-state index in [4.69, 9.17) is 0 Å². The molecule has 0 fully saturated rings. The molecule has 0 N–H and O–H groups in total. The summed E-state index contributed by atoms with van der Waals surface area (Å²) in [5, 5.41) is 14.2. The minimum atomic E-state index is -2.11. The van der Waals surface area contributed by atoms with Crippen molar-refractivity contribution in [3.05, 3.63) is 50.9 Å². The molecule has 0 aliphatic carbocycles. The second kappa shape index (κ2) is 5.18. The fraction of sp³-hybridized carbons (Fsp3) is 0.455. The van der Waals surface area contributed by atoms with Gasteiger partial charge < -0.3 is 0 Å². The molecule has 0 aromatic heterocycles. The molecule has 1 rings (SSSR count).